The normalized spacial score (nSPS) is 10.5. The second-order valence-corrected chi connectivity index (χ2v) is 3.50. The average molecular weight is 250 g/mol. The fourth-order valence-corrected chi connectivity index (χ4v) is 1.49. The van der Waals surface area contributed by atoms with E-state index >= 15 is 0 Å². The molecule has 0 fully saturated rings. The second-order valence-electron chi connectivity index (χ2n) is 3.50. The highest BCUT2D eigenvalue weighted by molar-refractivity contribution is 5.77. The van der Waals surface area contributed by atoms with E-state index in [0.29, 0.717) is 5.52 Å². The average Bonchev–Trinajstić information content (AvgIpc) is 2.69. The number of carbonyl (C=O) groups is 1. The number of nitro benzene ring substituents is 1. The minimum Gasteiger partial charge on any atom is -0.466 e. The van der Waals surface area contributed by atoms with Gasteiger partial charge in [-0.1, -0.05) is 0 Å². The van der Waals surface area contributed by atoms with E-state index in [1.165, 1.54) is 18.2 Å². The third-order valence-electron chi connectivity index (χ3n) is 2.23. The number of rotatable bonds is 4. The van der Waals surface area contributed by atoms with Crippen LogP contribution in [-0.4, -0.2) is 22.5 Å². The molecule has 1 aromatic carbocycles. The Kier molecular flexibility index (Phi) is 3.22. The molecule has 0 atom stereocenters. The van der Waals surface area contributed by atoms with Crippen LogP contribution in [0.2, 0.25) is 0 Å². The summed E-state index contributed by atoms with van der Waals surface area (Å²) in [5.74, 6) is -0.262. The smallest absolute Gasteiger partial charge is 0.315 e. The SMILES string of the molecule is CCOC(=O)Cc1nc2ccc([N+](=O)[O-])cc2o1. The molecule has 0 saturated heterocycles. The van der Waals surface area contributed by atoms with Crippen LogP contribution in [-0.2, 0) is 16.0 Å². The van der Waals surface area contributed by atoms with Crippen LogP contribution in [0.4, 0.5) is 5.69 Å². The largest absolute Gasteiger partial charge is 0.466 e. The summed E-state index contributed by atoms with van der Waals surface area (Å²) in [6.45, 7) is 1.98. The Balaban J connectivity index is 2.27. The number of hydrogen-bond acceptors (Lipinski definition) is 6. The predicted octanol–water partition coefficient (Wildman–Crippen LogP) is 1.84. The molecule has 0 unspecified atom stereocenters. The minimum absolute atomic E-state index is 0.0821. The first-order valence-corrected chi connectivity index (χ1v) is 5.29. The maximum Gasteiger partial charge on any atom is 0.315 e. The summed E-state index contributed by atoms with van der Waals surface area (Å²) in [4.78, 5) is 25.3. The molecule has 0 aliphatic heterocycles. The van der Waals surface area contributed by atoms with Crippen molar-refractivity contribution in [2.45, 2.75) is 13.3 Å². The van der Waals surface area contributed by atoms with Crippen molar-refractivity contribution in [1.82, 2.24) is 4.98 Å². The first kappa shape index (κ1) is 12.0. The lowest BCUT2D eigenvalue weighted by Gasteiger charge is -1.96. The van der Waals surface area contributed by atoms with Gasteiger partial charge >= 0.3 is 5.97 Å². The molecule has 1 aromatic heterocycles. The molecule has 94 valence electrons. The zero-order valence-corrected chi connectivity index (χ0v) is 9.58. The van der Waals surface area contributed by atoms with Gasteiger partial charge in [0.25, 0.3) is 5.69 Å². The number of non-ortho nitro benzene ring substituents is 1. The number of nitrogens with zero attached hydrogens (tertiary/aromatic N) is 2. The van der Waals surface area contributed by atoms with Gasteiger partial charge in [-0.05, 0) is 13.0 Å². The summed E-state index contributed by atoms with van der Waals surface area (Å²) in [5, 5.41) is 10.6. The summed E-state index contributed by atoms with van der Waals surface area (Å²) in [6.07, 6.45) is -0.0870. The molecule has 0 radical (unpaired) electrons. The van der Waals surface area contributed by atoms with E-state index in [1.54, 1.807) is 6.92 Å². The van der Waals surface area contributed by atoms with Gasteiger partial charge < -0.3 is 9.15 Å². The van der Waals surface area contributed by atoms with Gasteiger partial charge in [0.1, 0.15) is 11.9 Å². The summed E-state index contributed by atoms with van der Waals surface area (Å²) >= 11 is 0. The Labute approximate surface area is 102 Å². The second kappa shape index (κ2) is 4.82. The van der Waals surface area contributed by atoms with Crippen LogP contribution in [0.3, 0.4) is 0 Å². The van der Waals surface area contributed by atoms with E-state index in [9.17, 15) is 14.9 Å². The lowest BCUT2D eigenvalue weighted by atomic mass is 10.3. The van der Waals surface area contributed by atoms with E-state index in [2.05, 4.69) is 4.98 Å². The van der Waals surface area contributed by atoms with E-state index in [1.807, 2.05) is 0 Å². The van der Waals surface area contributed by atoms with Crippen molar-refractivity contribution in [3.05, 3.63) is 34.2 Å². The predicted molar refractivity (Wildman–Crippen MR) is 61.0 cm³/mol. The molecule has 0 saturated carbocycles. The Morgan fingerprint density at radius 3 is 3.00 bits per heavy atom. The number of fused-ring (bicyclic) bond motifs is 1. The summed E-state index contributed by atoms with van der Waals surface area (Å²) in [7, 11) is 0. The van der Waals surface area contributed by atoms with E-state index in [0.717, 1.165) is 0 Å². The van der Waals surface area contributed by atoms with Gasteiger partial charge in [0, 0.05) is 6.07 Å². The highest BCUT2D eigenvalue weighted by Gasteiger charge is 2.14. The summed E-state index contributed by atoms with van der Waals surface area (Å²) < 4.78 is 10.0. The van der Waals surface area contributed by atoms with Crippen molar-refractivity contribution in [1.29, 1.82) is 0 Å². The third-order valence-corrected chi connectivity index (χ3v) is 2.23. The molecule has 7 nitrogen and oxygen atoms in total. The van der Waals surface area contributed by atoms with Crippen LogP contribution in [0, 0.1) is 10.1 Å². The molecule has 0 aliphatic rings. The van der Waals surface area contributed by atoms with Crippen LogP contribution in [0.25, 0.3) is 11.1 Å². The fraction of sp³-hybridized carbons (Fsp3) is 0.273. The molecule has 1 heterocycles. The number of carbonyl (C=O) groups excluding carboxylic acids is 1. The number of esters is 1. The Hall–Kier alpha value is -2.44. The lowest BCUT2D eigenvalue weighted by Crippen LogP contribution is -2.07. The molecule has 0 N–H and O–H groups in total. The van der Waals surface area contributed by atoms with Gasteiger partial charge in [0.2, 0.25) is 5.89 Å². The number of aromatic nitrogens is 1. The zero-order valence-electron chi connectivity index (χ0n) is 9.58. The molecule has 18 heavy (non-hydrogen) atoms. The molecule has 0 aliphatic carbocycles. The number of ether oxygens (including phenoxy) is 1. The molecule has 0 spiro atoms. The Morgan fingerprint density at radius 1 is 1.56 bits per heavy atom. The monoisotopic (exact) mass is 250 g/mol. The van der Waals surface area contributed by atoms with Gasteiger partial charge in [-0.25, -0.2) is 4.98 Å². The van der Waals surface area contributed by atoms with Crippen LogP contribution >= 0.6 is 0 Å². The molecule has 0 bridgehead atoms. The first-order chi connectivity index (χ1) is 8.60. The van der Waals surface area contributed by atoms with Crippen LogP contribution in [0.15, 0.2) is 22.6 Å². The van der Waals surface area contributed by atoms with Gasteiger partial charge in [-0.3, -0.25) is 14.9 Å². The van der Waals surface area contributed by atoms with Crippen molar-refractivity contribution in [2.75, 3.05) is 6.61 Å². The lowest BCUT2D eigenvalue weighted by molar-refractivity contribution is -0.384. The standard InChI is InChI=1S/C11H10N2O5/c1-2-17-11(14)6-10-12-8-4-3-7(13(15)16)5-9(8)18-10/h3-5H,2,6H2,1H3. The summed E-state index contributed by atoms with van der Waals surface area (Å²) in [5.41, 5.74) is 0.671. The van der Waals surface area contributed by atoms with E-state index in [4.69, 9.17) is 9.15 Å². The quantitative estimate of drug-likeness (QED) is 0.466. The highest BCUT2D eigenvalue weighted by Crippen LogP contribution is 2.21. The molecular formula is C11H10N2O5. The molecule has 7 heteroatoms. The number of hydrogen-bond donors (Lipinski definition) is 0. The number of benzene rings is 1. The van der Waals surface area contributed by atoms with Crippen molar-refractivity contribution in [3.8, 4) is 0 Å². The Bertz CT molecular complexity index is 604. The van der Waals surface area contributed by atoms with Crippen molar-refractivity contribution < 1.29 is 18.9 Å². The third kappa shape index (κ3) is 2.45. The fourth-order valence-electron chi connectivity index (χ4n) is 1.49. The maximum absolute atomic E-state index is 11.2. The highest BCUT2D eigenvalue weighted by atomic mass is 16.6. The van der Waals surface area contributed by atoms with E-state index in [-0.39, 0.29) is 30.2 Å². The van der Waals surface area contributed by atoms with Gasteiger partial charge in [0.05, 0.1) is 17.6 Å². The van der Waals surface area contributed by atoms with Crippen molar-refractivity contribution in [3.63, 3.8) is 0 Å². The van der Waals surface area contributed by atoms with Crippen LogP contribution in [0.5, 0.6) is 0 Å². The topological polar surface area (TPSA) is 95.5 Å². The Morgan fingerprint density at radius 2 is 2.33 bits per heavy atom. The molecule has 0 amide bonds. The summed E-state index contributed by atoms with van der Waals surface area (Å²) in [6, 6.07) is 4.08. The van der Waals surface area contributed by atoms with Crippen molar-refractivity contribution in [2.24, 2.45) is 0 Å². The van der Waals surface area contributed by atoms with Gasteiger partial charge in [-0.2, -0.15) is 0 Å². The van der Waals surface area contributed by atoms with Crippen molar-refractivity contribution >= 4 is 22.8 Å². The zero-order chi connectivity index (χ0) is 13.1. The number of nitro groups is 1. The number of oxazole rings is 1. The van der Waals surface area contributed by atoms with Crippen LogP contribution < -0.4 is 0 Å². The van der Waals surface area contributed by atoms with Gasteiger partial charge in [-0.15, -0.1) is 0 Å². The first-order valence-electron chi connectivity index (χ1n) is 5.29. The molecular weight excluding hydrogens is 240 g/mol. The van der Waals surface area contributed by atoms with Gasteiger partial charge in [0.15, 0.2) is 5.58 Å². The van der Waals surface area contributed by atoms with Crippen LogP contribution in [0.1, 0.15) is 12.8 Å². The maximum atomic E-state index is 11.2. The van der Waals surface area contributed by atoms with E-state index < -0.39 is 10.9 Å². The minimum atomic E-state index is -0.521. The molecule has 2 rings (SSSR count). The molecule has 2 aromatic rings.